The van der Waals surface area contributed by atoms with Crippen molar-refractivity contribution in [3.05, 3.63) is 42.6 Å². The van der Waals surface area contributed by atoms with Crippen molar-refractivity contribution in [1.29, 1.82) is 0 Å². The lowest BCUT2D eigenvalue weighted by atomic mass is 10.1. The van der Waals surface area contributed by atoms with Gasteiger partial charge in [-0.1, -0.05) is 12.1 Å². The van der Waals surface area contributed by atoms with Crippen molar-refractivity contribution in [3.63, 3.8) is 0 Å². The van der Waals surface area contributed by atoms with Crippen LogP contribution in [0.15, 0.2) is 42.6 Å². The van der Waals surface area contributed by atoms with Crippen molar-refractivity contribution in [3.8, 4) is 11.3 Å². The summed E-state index contributed by atoms with van der Waals surface area (Å²) in [5.74, 6) is 0. The number of nitrogens with two attached hydrogens (primary N) is 1. The molecule has 0 aliphatic heterocycles. The third kappa shape index (κ3) is 4.21. The first-order valence-corrected chi connectivity index (χ1v) is 6.66. The van der Waals surface area contributed by atoms with Gasteiger partial charge in [0.1, 0.15) is 5.60 Å². The topological polar surface area (TPSA) is 77.2 Å². The van der Waals surface area contributed by atoms with Crippen LogP contribution in [0.4, 0.5) is 16.2 Å². The monoisotopic (exact) mass is 285 g/mol. The van der Waals surface area contributed by atoms with Gasteiger partial charge in [0.05, 0.1) is 17.1 Å². The molecule has 2 rings (SSSR count). The maximum atomic E-state index is 11.7. The van der Waals surface area contributed by atoms with Gasteiger partial charge in [0, 0.05) is 11.8 Å². The van der Waals surface area contributed by atoms with E-state index < -0.39 is 11.7 Å². The van der Waals surface area contributed by atoms with E-state index in [9.17, 15) is 4.79 Å². The van der Waals surface area contributed by atoms with E-state index in [1.165, 1.54) is 0 Å². The molecule has 0 aliphatic rings. The Morgan fingerprint density at radius 2 is 2.00 bits per heavy atom. The number of nitrogens with zero attached hydrogens (tertiary/aromatic N) is 1. The Morgan fingerprint density at radius 3 is 2.57 bits per heavy atom. The van der Waals surface area contributed by atoms with Gasteiger partial charge in [-0.05, 0) is 45.0 Å². The molecule has 1 heterocycles. The van der Waals surface area contributed by atoms with Gasteiger partial charge in [0.25, 0.3) is 0 Å². The Balaban J connectivity index is 2.15. The maximum Gasteiger partial charge on any atom is 0.412 e. The Kier molecular flexibility index (Phi) is 4.12. The van der Waals surface area contributed by atoms with Gasteiger partial charge in [-0.25, -0.2) is 4.79 Å². The van der Waals surface area contributed by atoms with Gasteiger partial charge < -0.3 is 10.5 Å². The maximum absolute atomic E-state index is 11.7. The van der Waals surface area contributed by atoms with Gasteiger partial charge in [0.15, 0.2) is 0 Å². The zero-order valence-corrected chi connectivity index (χ0v) is 12.4. The number of nitrogen functional groups attached to an aromatic ring is 1. The standard InChI is InChI=1S/C16H19N3O2/c1-16(2,3)21-15(20)19-14-8-7-11(10-12(14)17)13-6-4-5-9-18-13/h4-10H,17H2,1-3H3,(H,19,20). The summed E-state index contributed by atoms with van der Waals surface area (Å²) < 4.78 is 5.19. The summed E-state index contributed by atoms with van der Waals surface area (Å²) in [6.07, 6.45) is 1.19. The van der Waals surface area contributed by atoms with Crippen LogP contribution in [-0.4, -0.2) is 16.7 Å². The Labute approximate surface area is 124 Å². The molecular formula is C16H19N3O2. The molecule has 0 spiro atoms. The van der Waals surface area contributed by atoms with Crippen LogP contribution in [0.5, 0.6) is 0 Å². The summed E-state index contributed by atoms with van der Waals surface area (Å²) >= 11 is 0. The number of benzene rings is 1. The highest BCUT2D eigenvalue weighted by Crippen LogP contribution is 2.26. The van der Waals surface area contributed by atoms with E-state index in [-0.39, 0.29) is 0 Å². The van der Waals surface area contributed by atoms with Crippen LogP contribution < -0.4 is 11.1 Å². The van der Waals surface area contributed by atoms with Crippen molar-refractivity contribution in [2.45, 2.75) is 26.4 Å². The smallest absolute Gasteiger partial charge is 0.412 e. The number of hydrogen-bond donors (Lipinski definition) is 2. The first-order valence-electron chi connectivity index (χ1n) is 6.66. The third-order valence-corrected chi connectivity index (χ3v) is 2.65. The summed E-state index contributed by atoms with van der Waals surface area (Å²) in [6, 6.07) is 11.0. The number of aromatic nitrogens is 1. The molecular weight excluding hydrogens is 266 g/mol. The Hall–Kier alpha value is -2.56. The lowest BCUT2D eigenvalue weighted by Gasteiger charge is -2.20. The van der Waals surface area contributed by atoms with Crippen LogP contribution in [0, 0.1) is 0 Å². The van der Waals surface area contributed by atoms with Crippen LogP contribution in [0.3, 0.4) is 0 Å². The highest BCUT2D eigenvalue weighted by atomic mass is 16.6. The molecule has 0 fully saturated rings. The second kappa shape index (κ2) is 5.83. The zero-order chi connectivity index (χ0) is 15.5. The van der Waals surface area contributed by atoms with E-state index >= 15 is 0 Å². The number of ether oxygens (including phenoxy) is 1. The Morgan fingerprint density at radius 1 is 1.24 bits per heavy atom. The van der Waals surface area contributed by atoms with Crippen molar-refractivity contribution in [2.24, 2.45) is 0 Å². The molecule has 1 aromatic heterocycles. The molecule has 110 valence electrons. The molecule has 2 aromatic rings. The molecule has 0 atom stereocenters. The highest BCUT2D eigenvalue weighted by Gasteiger charge is 2.17. The minimum Gasteiger partial charge on any atom is -0.444 e. The molecule has 0 radical (unpaired) electrons. The molecule has 1 aromatic carbocycles. The lowest BCUT2D eigenvalue weighted by molar-refractivity contribution is 0.0636. The molecule has 1 amide bonds. The van der Waals surface area contributed by atoms with Crippen LogP contribution in [0.1, 0.15) is 20.8 Å². The highest BCUT2D eigenvalue weighted by molar-refractivity contribution is 5.90. The quantitative estimate of drug-likeness (QED) is 0.825. The minimum atomic E-state index is -0.549. The molecule has 21 heavy (non-hydrogen) atoms. The van der Waals surface area contributed by atoms with Crippen molar-refractivity contribution < 1.29 is 9.53 Å². The largest absolute Gasteiger partial charge is 0.444 e. The number of anilines is 2. The summed E-state index contributed by atoms with van der Waals surface area (Å²) in [4.78, 5) is 16.0. The normalized spacial score (nSPS) is 11.0. The lowest BCUT2D eigenvalue weighted by Crippen LogP contribution is -2.27. The predicted molar refractivity (Wildman–Crippen MR) is 83.9 cm³/mol. The Bertz CT molecular complexity index is 634. The van der Waals surface area contributed by atoms with Crippen LogP contribution in [0.25, 0.3) is 11.3 Å². The average molecular weight is 285 g/mol. The predicted octanol–water partition coefficient (Wildman–Crippen LogP) is 3.68. The average Bonchev–Trinajstić information content (AvgIpc) is 2.40. The molecule has 0 unspecified atom stereocenters. The minimum absolute atomic E-state index is 0.462. The summed E-state index contributed by atoms with van der Waals surface area (Å²) in [5, 5.41) is 2.64. The van der Waals surface area contributed by atoms with Crippen molar-refractivity contribution in [1.82, 2.24) is 4.98 Å². The molecule has 0 aliphatic carbocycles. The van der Waals surface area contributed by atoms with Crippen LogP contribution in [0.2, 0.25) is 0 Å². The van der Waals surface area contributed by atoms with Crippen molar-refractivity contribution in [2.75, 3.05) is 11.1 Å². The second-order valence-electron chi connectivity index (χ2n) is 5.64. The van der Waals surface area contributed by atoms with E-state index in [1.54, 1.807) is 39.1 Å². The van der Waals surface area contributed by atoms with Crippen molar-refractivity contribution >= 4 is 17.5 Å². The molecule has 5 nitrogen and oxygen atoms in total. The van der Waals surface area contributed by atoms with E-state index in [4.69, 9.17) is 10.5 Å². The van der Waals surface area contributed by atoms with Gasteiger partial charge >= 0.3 is 6.09 Å². The number of pyridine rings is 1. The summed E-state index contributed by atoms with van der Waals surface area (Å²) in [7, 11) is 0. The zero-order valence-electron chi connectivity index (χ0n) is 12.4. The third-order valence-electron chi connectivity index (χ3n) is 2.65. The number of carbonyl (C=O) groups is 1. The number of hydrogen-bond acceptors (Lipinski definition) is 4. The number of nitrogens with one attached hydrogen (secondary N) is 1. The molecule has 0 bridgehead atoms. The van der Waals surface area contributed by atoms with Gasteiger partial charge in [0.2, 0.25) is 0 Å². The number of amides is 1. The fraction of sp³-hybridized carbons (Fsp3) is 0.250. The number of rotatable bonds is 2. The first kappa shape index (κ1) is 14.8. The second-order valence-corrected chi connectivity index (χ2v) is 5.64. The fourth-order valence-corrected chi connectivity index (χ4v) is 1.78. The SMILES string of the molecule is CC(C)(C)OC(=O)Nc1ccc(-c2ccccn2)cc1N. The summed E-state index contributed by atoms with van der Waals surface area (Å²) in [5.41, 5.74) is 8.12. The van der Waals surface area contributed by atoms with E-state index in [0.717, 1.165) is 11.3 Å². The molecule has 0 saturated carbocycles. The van der Waals surface area contributed by atoms with E-state index in [0.29, 0.717) is 11.4 Å². The van der Waals surface area contributed by atoms with Gasteiger partial charge in [-0.2, -0.15) is 0 Å². The van der Waals surface area contributed by atoms with Gasteiger partial charge in [-0.15, -0.1) is 0 Å². The molecule has 5 heteroatoms. The summed E-state index contributed by atoms with van der Waals surface area (Å²) in [6.45, 7) is 5.42. The van der Waals surface area contributed by atoms with Crippen LogP contribution in [-0.2, 0) is 4.74 Å². The molecule has 0 saturated heterocycles. The molecule has 3 N–H and O–H groups in total. The van der Waals surface area contributed by atoms with E-state index in [1.807, 2.05) is 24.3 Å². The first-order chi connectivity index (χ1) is 9.85. The number of carbonyl (C=O) groups excluding carboxylic acids is 1. The van der Waals surface area contributed by atoms with E-state index in [2.05, 4.69) is 10.3 Å². The van der Waals surface area contributed by atoms with Crippen LogP contribution >= 0.6 is 0 Å². The fourth-order valence-electron chi connectivity index (χ4n) is 1.78. The van der Waals surface area contributed by atoms with Gasteiger partial charge in [-0.3, -0.25) is 10.3 Å².